The summed E-state index contributed by atoms with van der Waals surface area (Å²) in [7, 11) is -1.12. The number of hydrogen-bond donors (Lipinski definition) is 0. The number of rotatable bonds is 0. The molecule has 1 aromatic rings. The van der Waals surface area contributed by atoms with Crippen LogP contribution in [0.25, 0.3) is 0 Å². The average Bonchev–Trinajstić information content (AvgIpc) is 2.34. The van der Waals surface area contributed by atoms with E-state index in [4.69, 9.17) is 9.47 Å². The summed E-state index contributed by atoms with van der Waals surface area (Å²) in [5.41, 5.74) is 0.520. The van der Waals surface area contributed by atoms with E-state index in [1.54, 1.807) is 19.1 Å². The quantitative estimate of drug-likeness (QED) is 0.700. The van der Waals surface area contributed by atoms with Gasteiger partial charge in [0.1, 0.15) is 13.2 Å². The van der Waals surface area contributed by atoms with Crippen LogP contribution in [0, 0.1) is 5.92 Å². The van der Waals surface area contributed by atoms with Gasteiger partial charge in [0.15, 0.2) is 17.3 Å². The van der Waals surface area contributed by atoms with Gasteiger partial charge in [-0.3, -0.25) is 9.00 Å². The van der Waals surface area contributed by atoms with Crippen molar-refractivity contribution in [3.8, 4) is 11.5 Å². The van der Waals surface area contributed by atoms with Crippen LogP contribution >= 0.6 is 0 Å². The Hall–Kier alpha value is -1.36. The molecule has 0 saturated carbocycles. The molecule has 0 aromatic heterocycles. The molecule has 0 amide bonds. The first-order chi connectivity index (χ1) is 8.16. The molecule has 0 radical (unpaired) electrons. The number of carbonyl (C=O) groups excluding carboxylic acids is 1. The smallest absolute Gasteiger partial charge is 0.167 e. The van der Waals surface area contributed by atoms with Gasteiger partial charge in [-0.15, -0.1) is 0 Å². The number of carbonyl (C=O) groups is 1. The van der Waals surface area contributed by atoms with Crippen LogP contribution < -0.4 is 9.47 Å². The summed E-state index contributed by atoms with van der Waals surface area (Å²) in [4.78, 5) is 12.6. The van der Waals surface area contributed by atoms with E-state index in [0.29, 0.717) is 40.9 Å². The summed E-state index contributed by atoms with van der Waals surface area (Å²) in [6.45, 7) is 2.78. The Labute approximate surface area is 101 Å². The molecule has 2 heterocycles. The minimum atomic E-state index is -1.12. The van der Waals surface area contributed by atoms with E-state index in [1.165, 1.54) is 0 Å². The fraction of sp³-hybridized carbons (Fsp3) is 0.417. The van der Waals surface area contributed by atoms with Crippen molar-refractivity contribution in [2.24, 2.45) is 5.92 Å². The molecule has 4 nitrogen and oxygen atoms in total. The van der Waals surface area contributed by atoms with Gasteiger partial charge in [-0.2, -0.15) is 0 Å². The zero-order chi connectivity index (χ0) is 12.0. The summed E-state index contributed by atoms with van der Waals surface area (Å²) in [5, 5.41) is 0. The molecular formula is C12H12O4S. The van der Waals surface area contributed by atoms with Crippen molar-refractivity contribution in [2.75, 3.05) is 19.0 Å². The molecule has 0 fully saturated rings. The lowest BCUT2D eigenvalue weighted by atomic mass is 10.00. The van der Waals surface area contributed by atoms with Crippen LogP contribution in [-0.4, -0.2) is 29.0 Å². The molecule has 90 valence electrons. The zero-order valence-corrected chi connectivity index (χ0v) is 10.2. The van der Waals surface area contributed by atoms with Crippen LogP contribution in [-0.2, 0) is 10.8 Å². The predicted molar refractivity (Wildman–Crippen MR) is 62.2 cm³/mol. The Balaban J connectivity index is 2.17. The molecule has 0 spiro atoms. The second-order valence-electron chi connectivity index (χ2n) is 4.27. The minimum Gasteiger partial charge on any atom is -0.486 e. The normalized spacial score (nSPS) is 26.5. The monoisotopic (exact) mass is 252 g/mol. The molecule has 17 heavy (non-hydrogen) atoms. The van der Waals surface area contributed by atoms with Crippen LogP contribution in [0.3, 0.4) is 0 Å². The average molecular weight is 252 g/mol. The van der Waals surface area contributed by atoms with E-state index in [1.807, 2.05) is 0 Å². The lowest BCUT2D eigenvalue weighted by molar-refractivity contribution is 0.0933. The molecule has 2 unspecified atom stereocenters. The summed E-state index contributed by atoms with van der Waals surface area (Å²) in [5.74, 6) is 1.41. The summed E-state index contributed by atoms with van der Waals surface area (Å²) >= 11 is 0. The molecule has 3 rings (SSSR count). The Morgan fingerprint density at radius 3 is 2.59 bits per heavy atom. The van der Waals surface area contributed by atoms with E-state index in [-0.39, 0.29) is 11.7 Å². The molecule has 0 aliphatic carbocycles. The molecule has 0 saturated heterocycles. The predicted octanol–water partition coefficient (Wildman–Crippen LogP) is 1.40. The van der Waals surface area contributed by atoms with Gasteiger partial charge >= 0.3 is 0 Å². The fourth-order valence-corrected chi connectivity index (χ4v) is 3.54. The molecule has 2 aliphatic heterocycles. The van der Waals surface area contributed by atoms with Crippen molar-refractivity contribution in [3.63, 3.8) is 0 Å². The number of ketones is 1. The van der Waals surface area contributed by atoms with E-state index in [2.05, 4.69) is 0 Å². The number of fused-ring (bicyclic) bond motifs is 2. The second-order valence-corrected chi connectivity index (χ2v) is 5.73. The van der Waals surface area contributed by atoms with Gasteiger partial charge in [-0.1, -0.05) is 6.92 Å². The summed E-state index contributed by atoms with van der Waals surface area (Å²) < 4.78 is 22.9. The van der Waals surface area contributed by atoms with Crippen molar-refractivity contribution in [1.29, 1.82) is 0 Å². The minimum absolute atomic E-state index is 0.0385. The standard InChI is InChI=1S/C12H12O4S/c1-7-6-17(14)11-5-10-9(15-2-3-16-10)4-8(11)12(7)13/h4-5,7H,2-3,6H2,1H3. The SMILES string of the molecule is CC1CS(=O)c2cc3c(cc2C1=O)OCCO3. The lowest BCUT2D eigenvalue weighted by Crippen LogP contribution is -2.27. The molecule has 1 aromatic carbocycles. The third kappa shape index (κ3) is 1.65. The van der Waals surface area contributed by atoms with Gasteiger partial charge in [0, 0.05) is 23.3 Å². The van der Waals surface area contributed by atoms with Crippen molar-refractivity contribution in [1.82, 2.24) is 0 Å². The number of hydrogen-bond acceptors (Lipinski definition) is 4. The second kappa shape index (κ2) is 3.84. The van der Waals surface area contributed by atoms with Crippen LogP contribution in [0.15, 0.2) is 17.0 Å². The van der Waals surface area contributed by atoms with Gasteiger partial charge in [-0.25, -0.2) is 0 Å². The Bertz CT molecular complexity index is 523. The lowest BCUT2D eigenvalue weighted by Gasteiger charge is -2.24. The van der Waals surface area contributed by atoms with Crippen molar-refractivity contribution in [3.05, 3.63) is 17.7 Å². The van der Waals surface area contributed by atoms with E-state index in [9.17, 15) is 9.00 Å². The first kappa shape index (κ1) is 10.8. The first-order valence-corrected chi connectivity index (χ1v) is 6.85. The topological polar surface area (TPSA) is 52.6 Å². The molecule has 2 atom stereocenters. The maximum absolute atomic E-state index is 12.0. The van der Waals surface area contributed by atoms with E-state index < -0.39 is 10.8 Å². The van der Waals surface area contributed by atoms with Crippen molar-refractivity contribution < 1.29 is 18.5 Å². The summed E-state index contributed by atoms with van der Waals surface area (Å²) in [6.07, 6.45) is 0. The summed E-state index contributed by atoms with van der Waals surface area (Å²) in [6, 6.07) is 3.35. The zero-order valence-electron chi connectivity index (χ0n) is 9.39. The van der Waals surface area contributed by atoms with E-state index >= 15 is 0 Å². The maximum Gasteiger partial charge on any atom is 0.167 e. The molecular weight excluding hydrogens is 240 g/mol. The van der Waals surface area contributed by atoms with Crippen LogP contribution in [0.5, 0.6) is 11.5 Å². The molecule has 0 bridgehead atoms. The van der Waals surface area contributed by atoms with Gasteiger partial charge in [0.05, 0.1) is 15.7 Å². The maximum atomic E-state index is 12.0. The Morgan fingerprint density at radius 2 is 1.88 bits per heavy atom. The highest BCUT2D eigenvalue weighted by molar-refractivity contribution is 7.85. The Morgan fingerprint density at radius 1 is 1.24 bits per heavy atom. The van der Waals surface area contributed by atoms with E-state index in [0.717, 1.165) is 0 Å². The Kier molecular flexibility index (Phi) is 2.43. The molecule has 2 aliphatic rings. The largest absolute Gasteiger partial charge is 0.486 e. The van der Waals surface area contributed by atoms with Crippen LogP contribution in [0.4, 0.5) is 0 Å². The van der Waals surface area contributed by atoms with Crippen LogP contribution in [0.1, 0.15) is 17.3 Å². The van der Waals surface area contributed by atoms with Crippen molar-refractivity contribution >= 4 is 16.6 Å². The highest BCUT2D eigenvalue weighted by atomic mass is 32.2. The van der Waals surface area contributed by atoms with Crippen LogP contribution in [0.2, 0.25) is 0 Å². The number of benzene rings is 1. The highest BCUT2D eigenvalue weighted by Crippen LogP contribution is 2.37. The first-order valence-electron chi connectivity index (χ1n) is 5.53. The molecule has 5 heteroatoms. The van der Waals surface area contributed by atoms with Crippen molar-refractivity contribution in [2.45, 2.75) is 11.8 Å². The number of Topliss-reactive ketones (excluding diaryl/α,β-unsaturated/α-hetero) is 1. The third-order valence-electron chi connectivity index (χ3n) is 3.00. The fourth-order valence-electron chi connectivity index (χ4n) is 2.11. The highest BCUT2D eigenvalue weighted by Gasteiger charge is 2.31. The van der Waals surface area contributed by atoms with Gasteiger partial charge in [0.2, 0.25) is 0 Å². The molecule has 0 N–H and O–H groups in total. The number of ether oxygens (including phenoxy) is 2. The van der Waals surface area contributed by atoms with Gasteiger partial charge in [0.25, 0.3) is 0 Å². The van der Waals surface area contributed by atoms with Gasteiger partial charge < -0.3 is 9.47 Å². The van der Waals surface area contributed by atoms with Gasteiger partial charge in [-0.05, 0) is 6.07 Å². The third-order valence-corrected chi connectivity index (χ3v) is 4.64.